The number of rotatable bonds is 1. The Kier molecular flexibility index (Phi) is 1.43. The zero-order valence-electron chi connectivity index (χ0n) is 6.01. The molecular weight excluding hydrogens is 171 g/mol. The normalized spacial score (nSPS) is 28.9. The van der Waals surface area contributed by atoms with Gasteiger partial charge in [-0.25, -0.2) is 0 Å². The monoisotopic (exact) mass is 177 g/mol. The Labute approximate surface area is 66.3 Å². The van der Waals surface area contributed by atoms with E-state index >= 15 is 0 Å². The van der Waals surface area contributed by atoms with Crippen LogP contribution in [0.5, 0.6) is 0 Å². The molecule has 0 spiro atoms. The second-order valence-corrected chi connectivity index (χ2v) is 2.91. The highest BCUT2D eigenvalue weighted by molar-refractivity contribution is 5.16. The number of hydrogen-bond acceptors (Lipinski definition) is 2. The van der Waals surface area contributed by atoms with Gasteiger partial charge in [0.2, 0.25) is 0 Å². The van der Waals surface area contributed by atoms with Gasteiger partial charge < -0.3 is 4.52 Å². The molecule has 2 rings (SSSR count). The van der Waals surface area contributed by atoms with Crippen LogP contribution in [0.25, 0.3) is 0 Å². The van der Waals surface area contributed by atoms with E-state index in [-0.39, 0.29) is 6.42 Å². The SMILES string of the molecule is FC(F)(F)[C@@H]1C[C@H]1c1ccon1. The van der Waals surface area contributed by atoms with Gasteiger partial charge in [-0.2, -0.15) is 13.2 Å². The Hall–Kier alpha value is -1.00. The van der Waals surface area contributed by atoms with E-state index in [9.17, 15) is 13.2 Å². The molecule has 66 valence electrons. The zero-order chi connectivity index (χ0) is 8.77. The predicted octanol–water partition coefficient (Wildman–Crippen LogP) is 2.34. The van der Waals surface area contributed by atoms with Crippen LogP contribution in [0.1, 0.15) is 18.0 Å². The molecule has 0 N–H and O–H groups in total. The lowest BCUT2D eigenvalue weighted by Gasteiger charge is -2.02. The second kappa shape index (κ2) is 2.24. The van der Waals surface area contributed by atoms with Crippen molar-refractivity contribution in [1.29, 1.82) is 0 Å². The highest BCUT2D eigenvalue weighted by atomic mass is 19.4. The molecule has 0 radical (unpaired) electrons. The molecular formula is C7H6F3NO. The fourth-order valence-electron chi connectivity index (χ4n) is 1.30. The van der Waals surface area contributed by atoms with E-state index in [0.29, 0.717) is 5.69 Å². The summed E-state index contributed by atoms with van der Waals surface area (Å²) in [4.78, 5) is 0. The van der Waals surface area contributed by atoms with Crippen LogP contribution in [0.2, 0.25) is 0 Å². The summed E-state index contributed by atoms with van der Waals surface area (Å²) in [6.45, 7) is 0. The van der Waals surface area contributed by atoms with Gasteiger partial charge in [0.15, 0.2) is 0 Å². The van der Waals surface area contributed by atoms with Crippen LogP contribution in [-0.2, 0) is 0 Å². The third-order valence-electron chi connectivity index (χ3n) is 2.05. The molecule has 1 saturated carbocycles. The Morgan fingerprint density at radius 1 is 1.50 bits per heavy atom. The lowest BCUT2D eigenvalue weighted by atomic mass is 10.2. The molecule has 0 bridgehead atoms. The summed E-state index contributed by atoms with van der Waals surface area (Å²) in [5.41, 5.74) is 0.414. The predicted molar refractivity (Wildman–Crippen MR) is 33.4 cm³/mol. The molecule has 1 heterocycles. The maximum Gasteiger partial charge on any atom is 0.392 e. The van der Waals surface area contributed by atoms with Crippen molar-refractivity contribution in [2.45, 2.75) is 18.5 Å². The van der Waals surface area contributed by atoms with E-state index in [1.165, 1.54) is 12.3 Å². The van der Waals surface area contributed by atoms with Gasteiger partial charge >= 0.3 is 6.18 Å². The van der Waals surface area contributed by atoms with Crippen molar-refractivity contribution >= 4 is 0 Å². The Balaban J connectivity index is 2.06. The van der Waals surface area contributed by atoms with Gasteiger partial charge in [0.05, 0.1) is 11.6 Å². The number of alkyl halides is 3. The fraction of sp³-hybridized carbons (Fsp3) is 0.571. The molecule has 1 aromatic heterocycles. The first-order chi connectivity index (χ1) is 5.59. The van der Waals surface area contributed by atoms with E-state index in [1.54, 1.807) is 0 Å². The van der Waals surface area contributed by atoms with E-state index in [0.717, 1.165) is 0 Å². The third-order valence-corrected chi connectivity index (χ3v) is 2.05. The lowest BCUT2D eigenvalue weighted by molar-refractivity contribution is -0.148. The quantitative estimate of drug-likeness (QED) is 0.658. The largest absolute Gasteiger partial charge is 0.392 e. The smallest absolute Gasteiger partial charge is 0.365 e. The summed E-state index contributed by atoms with van der Waals surface area (Å²) >= 11 is 0. The average molecular weight is 177 g/mol. The molecule has 0 unspecified atom stereocenters. The van der Waals surface area contributed by atoms with Gasteiger partial charge in [0.1, 0.15) is 6.26 Å². The molecule has 12 heavy (non-hydrogen) atoms. The minimum Gasteiger partial charge on any atom is -0.365 e. The molecule has 1 aromatic rings. The molecule has 0 aromatic carbocycles. The zero-order valence-corrected chi connectivity index (χ0v) is 6.01. The Bertz CT molecular complexity index is 267. The number of halogens is 3. The summed E-state index contributed by atoms with van der Waals surface area (Å²) < 4.78 is 40.5. The Morgan fingerprint density at radius 3 is 2.67 bits per heavy atom. The van der Waals surface area contributed by atoms with Crippen molar-refractivity contribution in [3.63, 3.8) is 0 Å². The van der Waals surface area contributed by atoms with E-state index < -0.39 is 18.0 Å². The maximum absolute atomic E-state index is 12.0. The number of hydrogen-bond donors (Lipinski definition) is 0. The van der Waals surface area contributed by atoms with Gasteiger partial charge in [-0.1, -0.05) is 5.16 Å². The summed E-state index contributed by atoms with van der Waals surface area (Å²) in [5.74, 6) is -1.67. The number of aromatic nitrogens is 1. The fourth-order valence-corrected chi connectivity index (χ4v) is 1.30. The molecule has 5 heteroatoms. The number of nitrogens with zero attached hydrogens (tertiary/aromatic N) is 1. The van der Waals surface area contributed by atoms with Crippen molar-refractivity contribution in [2.24, 2.45) is 5.92 Å². The van der Waals surface area contributed by atoms with Crippen LogP contribution in [-0.4, -0.2) is 11.3 Å². The Morgan fingerprint density at radius 2 is 2.25 bits per heavy atom. The minimum atomic E-state index is -4.08. The lowest BCUT2D eigenvalue weighted by Crippen LogP contribution is -2.11. The van der Waals surface area contributed by atoms with Crippen LogP contribution in [0.3, 0.4) is 0 Å². The van der Waals surface area contributed by atoms with E-state index in [4.69, 9.17) is 0 Å². The first kappa shape index (κ1) is 7.64. The molecule has 2 atom stereocenters. The van der Waals surface area contributed by atoms with Crippen molar-refractivity contribution in [2.75, 3.05) is 0 Å². The summed E-state index contributed by atoms with van der Waals surface area (Å²) in [6.07, 6.45) is -2.64. The highest BCUT2D eigenvalue weighted by Gasteiger charge is 2.57. The van der Waals surface area contributed by atoms with Crippen molar-refractivity contribution in [3.05, 3.63) is 18.0 Å². The van der Waals surface area contributed by atoms with Crippen molar-refractivity contribution in [1.82, 2.24) is 5.16 Å². The molecule has 0 aliphatic heterocycles. The summed E-state index contributed by atoms with van der Waals surface area (Å²) in [7, 11) is 0. The highest BCUT2D eigenvalue weighted by Crippen LogP contribution is 2.55. The van der Waals surface area contributed by atoms with Crippen LogP contribution in [0.4, 0.5) is 13.2 Å². The van der Waals surface area contributed by atoms with Crippen LogP contribution in [0.15, 0.2) is 16.9 Å². The average Bonchev–Trinajstić information content (AvgIpc) is 2.60. The molecule has 1 fully saturated rings. The molecule has 0 saturated heterocycles. The van der Waals surface area contributed by atoms with E-state index in [1.807, 2.05) is 0 Å². The minimum absolute atomic E-state index is 0.149. The van der Waals surface area contributed by atoms with Crippen LogP contribution < -0.4 is 0 Å². The second-order valence-electron chi connectivity index (χ2n) is 2.91. The molecule has 1 aliphatic carbocycles. The van der Waals surface area contributed by atoms with Crippen LogP contribution in [0, 0.1) is 5.92 Å². The standard InChI is InChI=1S/C7H6F3NO/c8-7(9,10)5-3-4(5)6-1-2-12-11-6/h1-2,4-5H,3H2/t4-,5-/m1/s1. The van der Waals surface area contributed by atoms with Gasteiger partial charge in [0.25, 0.3) is 0 Å². The molecule has 1 aliphatic rings. The first-order valence-electron chi connectivity index (χ1n) is 3.56. The van der Waals surface area contributed by atoms with Gasteiger partial charge in [-0.05, 0) is 6.42 Å². The third kappa shape index (κ3) is 1.19. The molecule has 0 amide bonds. The van der Waals surface area contributed by atoms with E-state index in [2.05, 4.69) is 9.68 Å². The van der Waals surface area contributed by atoms with Gasteiger partial charge in [0, 0.05) is 12.0 Å². The molecule has 2 nitrogen and oxygen atoms in total. The van der Waals surface area contributed by atoms with Gasteiger partial charge in [-0.15, -0.1) is 0 Å². The maximum atomic E-state index is 12.0. The van der Waals surface area contributed by atoms with Gasteiger partial charge in [-0.3, -0.25) is 0 Å². The van der Waals surface area contributed by atoms with Crippen molar-refractivity contribution in [3.8, 4) is 0 Å². The summed E-state index contributed by atoms with van der Waals surface area (Å²) in [6, 6.07) is 1.48. The van der Waals surface area contributed by atoms with Crippen LogP contribution >= 0.6 is 0 Å². The topological polar surface area (TPSA) is 26.0 Å². The van der Waals surface area contributed by atoms with Crippen molar-refractivity contribution < 1.29 is 17.7 Å². The first-order valence-corrected chi connectivity index (χ1v) is 3.56. The summed E-state index contributed by atoms with van der Waals surface area (Å²) in [5, 5.41) is 3.47.